The van der Waals surface area contributed by atoms with Crippen molar-refractivity contribution in [1.82, 2.24) is 4.90 Å². The molecule has 0 atom stereocenters. The van der Waals surface area contributed by atoms with Gasteiger partial charge in [0.05, 0.1) is 6.61 Å². The van der Waals surface area contributed by atoms with E-state index < -0.39 is 0 Å². The fourth-order valence-electron chi connectivity index (χ4n) is 0.697. The average molecular weight is 182 g/mol. The van der Waals surface area contributed by atoms with Crippen molar-refractivity contribution in [3.8, 4) is 0 Å². The number of carbonyl (C=O) groups is 1. The molecule has 0 aliphatic heterocycles. The molecular weight excluding hydrogens is 166 g/mol. The number of carbonyl (C=O) groups excluding carboxylic acids is 1. The second-order valence-corrected chi connectivity index (χ2v) is 1.87. The number of rotatable bonds is 3. The van der Waals surface area contributed by atoms with E-state index in [1.807, 2.05) is 13.8 Å². The molecule has 4 heteroatoms. The van der Waals surface area contributed by atoms with Crippen molar-refractivity contribution >= 4 is 18.5 Å². The van der Waals surface area contributed by atoms with Gasteiger partial charge in [-0.25, -0.2) is 4.79 Å². The zero-order chi connectivity index (χ0) is 7.98. The number of hydrogen-bond donors (Lipinski definition) is 0. The van der Waals surface area contributed by atoms with Crippen molar-refractivity contribution in [2.24, 2.45) is 0 Å². The third-order valence-corrected chi connectivity index (χ3v) is 1.29. The molecule has 0 aliphatic carbocycles. The maximum absolute atomic E-state index is 10.9. The van der Waals surface area contributed by atoms with Gasteiger partial charge in [-0.05, 0) is 20.8 Å². The summed E-state index contributed by atoms with van der Waals surface area (Å²) in [6.07, 6.45) is -0.215. The molecule has 0 bridgehead atoms. The predicted molar refractivity (Wildman–Crippen MR) is 47.2 cm³/mol. The van der Waals surface area contributed by atoms with Crippen LogP contribution in [0.4, 0.5) is 4.79 Å². The number of halogens is 1. The van der Waals surface area contributed by atoms with Crippen LogP contribution < -0.4 is 0 Å². The van der Waals surface area contributed by atoms with Gasteiger partial charge in [0.2, 0.25) is 0 Å². The maximum atomic E-state index is 10.9. The molecule has 0 aromatic carbocycles. The van der Waals surface area contributed by atoms with Crippen molar-refractivity contribution in [2.75, 3.05) is 19.7 Å². The summed E-state index contributed by atoms with van der Waals surface area (Å²) < 4.78 is 4.77. The van der Waals surface area contributed by atoms with E-state index in [1.54, 1.807) is 11.8 Å². The van der Waals surface area contributed by atoms with Crippen LogP contribution in [0, 0.1) is 0 Å². The molecule has 0 spiro atoms. The number of amides is 1. The Bertz CT molecular complexity index is 105. The second kappa shape index (κ2) is 7.66. The van der Waals surface area contributed by atoms with E-state index in [0.29, 0.717) is 6.61 Å². The molecule has 11 heavy (non-hydrogen) atoms. The van der Waals surface area contributed by atoms with E-state index >= 15 is 0 Å². The maximum Gasteiger partial charge on any atom is 0.409 e. The SMILES string of the molecule is CCOC(=O)N(CC)CC.Cl. The summed E-state index contributed by atoms with van der Waals surface area (Å²) in [6, 6.07) is 0. The smallest absolute Gasteiger partial charge is 0.409 e. The van der Waals surface area contributed by atoms with Crippen LogP contribution in [-0.2, 0) is 4.74 Å². The zero-order valence-electron chi connectivity index (χ0n) is 7.29. The highest BCUT2D eigenvalue weighted by Crippen LogP contribution is 1.91. The van der Waals surface area contributed by atoms with Crippen LogP contribution >= 0.6 is 12.4 Å². The largest absolute Gasteiger partial charge is 0.450 e. The Morgan fingerprint density at radius 3 is 2.00 bits per heavy atom. The summed E-state index contributed by atoms with van der Waals surface area (Å²) in [4.78, 5) is 12.6. The lowest BCUT2D eigenvalue weighted by Crippen LogP contribution is -2.30. The molecule has 0 radical (unpaired) electrons. The molecule has 3 nitrogen and oxygen atoms in total. The molecule has 0 unspecified atom stereocenters. The average Bonchev–Trinajstić information content (AvgIpc) is 1.91. The highest BCUT2D eigenvalue weighted by atomic mass is 35.5. The van der Waals surface area contributed by atoms with Crippen LogP contribution in [-0.4, -0.2) is 30.7 Å². The number of nitrogens with zero attached hydrogens (tertiary/aromatic N) is 1. The molecule has 0 N–H and O–H groups in total. The Kier molecular flexibility index (Phi) is 9.18. The molecule has 0 aliphatic rings. The van der Waals surface area contributed by atoms with Crippen LogP contribution in [0.15, 0.2) is 0 Å². The summed E-state index contributed by atoms with van der Waals surface area (Å²) >= 11 is 0. The molecule has 0 rings (SSSR count). The fraction of sp³-hybridized carbons (Fsp3) is 0.857. The quantitative estimate of drug-likeness (QED) is 0.666. The number of hydrogen-bond acceptors (Lipinski definition) is 2. The van der Waals surface area contributed by atoms with Crippen LogP contribution in [0.2, 0.25) is 0 Å². The van der Waals surface area contributed by atoms with Gasteiger partial charge in [-0.15, -0.1) is 12.4 Å². The predicted octanol–water partition coefficient (Wildman–Crippen LogP) is 1.91. The van der Waals surface area contributed by atoms with Crippen LogP contribution in [0.3, 0.4) is 0 Å². The highest BCUT2D eigenvalue weighted by molar-refractivity contribution is 5.85. The minimum absolute atomic E-state index is 0. The molecule has 0 aromatic rings. The Morgan fingerprint density at radius 2 is 1.73 bits per heavy atom. The first-order valence-corrected chi connectivity index (χ1v) is 3.67. The fourth-order valence-corrected chi connectivity index (χ4v) is 0.697. The van der Waals surface area contributed by atoms with Gasteiger partial charge in [-0.1, -0.05) is 0 Å². The molecule has 1 amide bonds. The van der Waals surface area contributed by atoms with Crippen molar-refractivity contribution in [3.63, 3.8) is 0 Å². The first kappa shape index (κ1) is 13.2. The van der Waals surface area contributed by atoms with Gasteiger partial charge >= 0.3 is 6.09 Å². The standard InChI is InChI=1S/C7H15NO2.ClH/c1-4-8(5-2)7(9)10-6-3;/h4-6H2,1-3H3;1H. The second-order valence-electron chi connectivity index (χ2n) is 1.87. The van der Waals surface area contributed by atoms with E-state index in [0.717, 1.165) is 13.1 Å². The van der Waals surface area contributed by atoms with Gasteiger partial charge < -0.3 is 9.64 Å². The highest BCUT2D eigenvalue weighted by Gasteiger charge is 2.07. The summed E-state index contributed by atoms with van der Waals surface area (Å²) in [6.45, 7) is 7.56. The van der Waals surface area contributed by atoms with E-state index in [-0.39, 0.29) is 18.5 Å². The van der Waals surface area contributed by atoms with Crippen LogP contribution in [0.5, 0.6) is 0 Å². The summed E-state index contributed by atoms with van der Waals surface area (Å²) in [5, 5.41) is 0. The van der Waals surface area contributed by atoms with Crippen molar-refractivity contribution in [1.29, 1.82) is 0 Å². The number of ether oxygens (including phenoxy) is 1. The van der Waals surface area contributed by atoms with Crippen molar-refractivity contribution in [3.05, 3.63) is 0 Å². The van der Waals surface area contributed by atoms with Gasteiger partial charge in [0.1, 0.15) is 0 Å². The normalized spacial score (nSPS) is 8.27. The monoisotopic (exact) mass is 181 g/mol. The third-order valence-electron chi connectivity index (χ3n) is 1.29. The van der Waals surface area contributed by atoms with Gasteiger partial charge in [0.15, 0.2) is 0 Å². The van der Waals surface area contributed by atoms with E-state index in [9.17, 15) is 4.79 Å². The summed E-state index contributed by atoms with van der Waals surface area (Å²) in [7, 11) is 0. The molecule has 0 saturated heterocycles. The zero-order valence-corrected chi connectivity index (χ0v) is 8.11. The van der Waals surface area contributed by atoms with Gasteiger partial charge in [0, 0.05) is 13.1 Å². The molecule has 0 aromatic heterocycles. The Balaban J connectivity index is 0. The molecule has 68 valence electrons. The van der Waals surface area contributed by atoms with Gasteiger partial charge in [0.25, 0.3) is 0 Å². The first-order valence-electron chi connectivity index (χ1n) is 3.67. The molecule has 0 fully saturated rings. The van der Waals surface area contributed by atoms with Crippen molar-refractivity contribution in [2.45, 2.75) is 20.8 Å². The third kappa shape index (κ3) is 4.90. The van der Waals surface area contributed by atoms with E-state index in [4.69, 9.17) is 4.74 Å². The van der Waals surface area contributed by atoms with Gasteiger partial charge in [-0.3, -0.25) is 0 Å². The van der Waals surface area contributed by atoms with Crippen LogP contribution in [0.25, 0.3) is 0 Å². The van der Waals surface area contributed by atoms with Crippen LogP contribution in [0.1, 0.15) is 20.8 Å². The first-order chi connectivity index (χ1) is 4.76. The van der Waals surface area contributed by atoms with E-state index in [1.165, 1.54) is 0 Å². The minimum Gasteiger partial charge on any atom is -0.450 e. The summed E-state index contributed by atoms with van der Waals surface area (Å²) in [5.41, 5.74) is 0. The Hall–Kier alpha value is -0.440. The Morgan fingerprint density at radius 1 is 1.27 bits per heavy atom. The summed E-state index contributed by atoms with van der Waals surface area (Å²) in [5.74, 6) is 0. The Labute approximate surface area is 74.1 Å². The molecular formula is C7H16ClNO2. The lowest BCUT2D eigenvalue weighted by molar-refractivity contribution is 0.111. The van der Waals surface area contributed by atoms with Crippen molar-refractivity contribution < 1.29 is 9.53 Å². The van der Waals surface area contributed by atoms with E-state index in [2.05, 4.69) is 0 Å². The minimum atomic E-state index is -0.215. The van der Waals surface area contributed by atoms with Gasteiger partial charge in [-0.2, -0.15) is 0 Å². The molecule has 0 saturated carbocycles. The topological polar surface area (TPSA) is 29.5 Å². The molecule has 0 heterocycles. The lowest BCUT2D eigenvalue weighted by Gasteiger charge is -2.16. The lowest BCUT2D eigenvalue weighted by atomic mass is 10.6.